The minimum atomic E-state index is -4.01. The molecular weight excluding hydrogens is 785 g/mol. The van der Waals surface area contributed by atoms with Crippen molar-refractivity contribution in [3.05, 3.63) is 87.4 Å². The topological polar surface area (TPSA) is 129 Å². The molecule has 3 aromatic carbocycles. The van der Waals surface area contributed by atoms with Crippen LogP contribution in [0.15, 0.2) is 70.6 Å². The van der Waals surface area contributed by atoms with Gasteiger partial charge in [-0.15, -0.1) is 0 Å². The molecule has 0 aliphatic carbocycles. The van der Waals surface area contributed by atoms with Gasteiger partial charge in [-0.1, -0.05) is 47.5 Å². The second-order valence-electron chi connectivity index (χ2n) is 14.4. The van der Waals surface area contributed by atoms with Crippen molar-refractivity contribution in [3.8, 4) is 11.5 Å². The van der Waals surface area contributed by atoms with Crippen LogP contribution in [0.2, 0.25) is 10.0 Å². The third-order valence-electron chi connectivity index (χ3n) is 9.80. The molecule has 0 saturated carbocycles. The van der Waals surface area contributed by atoms with E-state index < -0.39 is 25.4 Å². The summed E-state index contributed by atoms with van der Waals surface area (Å²) >= 11 is 12.6. The second kappa shape index (κ2) is 18.2. The first kappa shape index (κ1) is 42.7. The number of hydrogen-bond acceptors (Lipinski definition) is 9. The molecule has 2 heterocycles. The lowest BCUT2D eigenvalue weighted by Crippen LogP contribution is -2.54. The largest absolute Gasteiger partial charge is 0.495 e. The van der Waals surface area contributed by atoms with E-state index in [1.807, 2.05) is 45.0 Å². The Morgan fingerprint density at radius 2 is 1.47 bits per heavy atom. The lowest BCUT2D eigenvalue weighted by molar-refractivity contribution is 0.125. The molecule has 0 spiro atoms. The lowest BCUT2D eigenvalue weighted by atomic mass is 9.94. The number of halogens is 2. The quantitative estimate of drug-likeness (QED) is 0.132. The van der Waals surface area contributed by atoms with Crippen molar-refractivity contribution in [1.82, 2.24) is 19.0 Å². The van der Waals surface area contributed by atoms with Crippen LogP contribution in [0.4, 0.5) is 4.79 Å². The van der Waals surface area contributed by atoms with Gasteiger partial charge in [-0.3, -0.25) is 14.8 Å². The Balaban J connectivity index is 1.68. The van der Waals surface area contributed by atoms with Crippen LogP contribution < -0.4 is 9.47 Å². The van der Waals surface area contributed by atoms with Crippen LogP contribution in [0.3, 0.4) is 0 Å². The molecule has 3 aromatic rings. The van der Waals surface area contributed by atoms with Gasteiger partial charge in [0.2, 0.25) is 10.0 Å². The zero-order chi connectivity index (χ0) is 40.0. The number of urea groups is 1. The third-order valence-corrected chi connectivity index (χ3v) is 13.3. The molecular formula is C39H51Cl2N5O7S2. The molecule has 2 amide bonds. The van der Waals surface area contributed by atoms with Crippen LogP contribution in [0, 0.1) is 0 Å². The third kappa shape index (κ3) is 10.9. The number of aliphatic imine (C=N–C) groups is 1. The average molecular weight is 837 g/mol. The molecule has 0 atom stereocenters. The molecule has 5 rings (SSSR count). The standard InChI is InChI=1S/C39H51Cl2N5O7S2/c1-6-53-34-27-35(52-4)36(55(50,51)45-19-7-8-20-45)26-33(34)37(42-39(2,3)30-12-16-32(41)17-13-30)46(28-29-10-14-31(40)15-11-29)38(47)44-23-21-43(22-24-44)18-9-25-54(5,48)49/h10-17,26-27H,6-9,18-25,28H2,1-5H3. The Kier molecular flexibility index (Phi) is 14.2. The average Bonchev–Trinajstić information content (AvgIpc) is 3.70. The second-order valence-corrected chi connectivity index (χ2v) is 19.4. The Hall–Kier alpha value is -3.40. The van der Waals surface area contributed by atoms with E-state index in [0.29, 0.717) is 73.6 Å². The number of nitrogens with zero attached hydrogens (tertiary/aromatic N) is 5. The minimum Gasteiger partial charge on any atom is -0.495 e. The molecule has 0 radical (unpaired) electrons. The Labute approximate surface area is 336 Å². The summed E-state index contributed by atoms with van der Waals surface area (Å²) in [6, 6.07) is 17.2. The summed E-state index contributed by atoms with van der Waals surface area (Å²) in [5.74, 6) is 0.733. The van der Waals surface area contributed by atoms with Gasteiger partial charge in [0.25, 0.3) is 0 Å². The van der Waals surface area contributed by atoms with Crippen molar-refractivity contribution < 1.29 is 31.1 Å². The van der Waals surface area contributed by atoms with Crippen molar-refractivity contribution in [2.45, 2.75) is 57.0 Å². The zero-order valence-electron chi connectivity index (χ0n) is 32.1. The highest BCUT2D eigenvalue weighted by molar-refractivity contribution is 7.90. The fourth-order valence-corrected chi connectivity index (χ4v) is 9.35. The van der Waals surface area contributed by atoms with Gasteiger partial charge in [0.1, 0.15) is 32.1 Å². The van der Waals surface area contributed by atoms with E-state index in [1.165, 1.54) is 23.7 Å². The predicted molar refractivity (Wildman–Crippen MR) is 218 cm³/mol. The summed E-state index contributed by atoms with van der Waals surface area (Å²) in [5, 5.41) is 1.10. The summed E-state index contributed by atoms with van der Waals surface area (Å²) in [7, 11) is -5.67. The van der Waals surface area contributed by atoms with E-state index in [-0.39, 0.29) is 41.4 Å². The van der Waals surface area contributed by atoms with Gasteiger partial charge in [0, 0.05) is 61.6 Å². The molecule has 12 nitrogen and oxygen atoms in total. The summed E-state index contributed by atoms with van der Waals surface area (Å²) in [6.45, 7) is 9.24. The van der Waals surface area contributed by atoms with E-state index in [1.54, 1.807) is 40.1 Å². The van der Waals surface area contributed by atoms with Gasteiger partial charge in [-0.2, -0.15) is 4.31 Å². The number of hydrogen-bond donors (Lipinski definition) is 0. The van der Waals surface area contributed by atoms with Crippen molar-refractivity contribution in [2.24, 2.45) is 4.99 Å². The number of amidine groups is 1. The molecule has 2 saturated heterocycles. The van der Waals surface area contributed by atoms with Crippen LogP contribution in [-0.4, -0.2) is 119 Å². The van der Waals surface area contributed by atoms with Crippen molar-refractivity contribution in [1.29, 1.82) is 0 Å². The molecule has 55 heavy (non-hydrogen) atoms. The molecule has 0 bridgehead atoms. The van der Waals surface area contributed by atoms with Crippen molar-refractivity contribution in [3.63, 3.8) is 0 Å². The van der Waals surface area contributed by atoms with Gasteiger partial charge in [-0.05, 0) is 88.0 Å². The lowest BCUT2D eigenvalue weighted by Gasteiger charge is -2.38. The first-order valence-electron chi connectivity index (χ1n) is 18.4. The fourth-order valence-electron chi connectivity index (χ4n) is 6.76. The van der Waals surface area contributed by atoms with Crippen LogP contribution >= 0.6 is 23.2 Å². The predicted octanol–water partition coefficient (Wildman–Crippen LogP) is 6.54. The highest BCUT2D eigenvalue weighted by Gasteiger charge is 2.36. The Morgan fingerprint density at radius 1 is 0.873 bits per heavy atom. The summed E-state index contributed by atoms with van der Waals surface area (Å²) < 4.78 is 65.3. The van der Waals surface area contributed by atoms with Crippen LogP contribution in [0.5, 0.6) is 11.5 Å². The highest BCUT2D eigenvalue weighted by atomic mass is 35.5. The Morgan fingerprint density at radius 3 is 2.04 bits per heavy atom. The number of rotatable bonds is 14. The first-order chi connectivity index (χ1) is 26.0. The van der Waals surface area contributed by atoms with E-state index in [4.69, 9.17) is 37.7 Å². The zero-order valence-corrected chi connectivity index (χ0v) is 35.3. The molecule has 16 heteroatoms. The van der Waals surface area contributed by atoms with Crippen LogP contribution in [0.1, 0.15) is 56.7 Å². The number of piperazine rings is 1. The van der Waals surface area contributed by atoms with Gasteiger partial charge in [0.15, 0.2) is 0 Å². The minimum absolute atomic E-state index is 0.0473. The molecule has 2 fully saturated rings. The molecule has 300 valence electrons. The van der Waals surface area contributed by atoms with Gasteiger partial charge in [0.05, 0.1) is 37.1 Å². The van der Waals surface area contributed by atoms with E-state index in [2.05, 4.69) is 4.90 Å². The summed E-state index contributed by atoms with van der Waals surface area (Å²) in [4.78, 5) is 25.8. The maximum Gasteiger partial charge on any atom is 0.326 e. The number of benzene rings is 3. The fraction of sp³-hybridized carbons (Fsp3) is 0.487. The molecule has 2 aliphatic rings. The van der Waals surface area contributed by atoms with Gasteiger partial charge < -0.3 is 14.4 Å². The summed E-state index contributed by atoms with van der Waals surface area (Å²) in [6.07, 6.45) is 3.24. The van der Waals surface area contributed by atoms with E-state index in [9.17, 15) is 16.8 Å². The highest BCUT2D eigenvalue weighted by Crippen LogP contribution is 2.38. The molecule has 0 unspecified atom stereocenters. The van der Waals surface area contributed by atoms with Gasteiger partial charge in [-0.25, -0.2) is 21.6 Å². The number of ether oxygens (including phenoxy) is 2. The SMILES string of the molecule is CCOc1cc(OC)c(S(=O)(=O)N2CCCC2)cc1C(=NC(C)(C)c1ccc(Cl)cc1)N(Cc1ccc(Cl)cc1)C(=O)N1CCN(CCCS(C)(=O)=O)CC1. The Bertz CT molecular complexity index is 2050. The smallest absolute Gasteiger partial charge is 0.326 e. The number of sulfone groups is 1. The van der Waals surface area contributed by atoms with Gasteiger partial charge >= 0.3 is 6.03 Å². The molecule has 0 N–H and O–H groups in total. The number of carbonyl (C=O) groups is 1. The first-order valence-corrected chi connectivity index (χ1v) is 22.7. The molecule has 0 aromatic heterocycles. The summed E-state index contributed by atoms with van der Waals surface area (Å²) in [5.41, 5.74) is 0.941. The van der Waals surface area contributed by atoms with Crippen molar-refractivity contribution in [2.75, 3.05) is 71.5 Å². The monoisotopic (exact) mass is 835 g/mol. The van der Waals surface area contributed by atoms with E-state index in [0.717, 1.165) is 24.0 Å². The normalized spacial score (nSPS) is 16.3. The maximum atomic E-state index is 15.0. The maximum absolute atomic E-state index is 15.0. The van der Waals surface area contributed by atoms with Crippen LogP contribution in [-0.2, 0) is 31.9 Å². The number of sulfonamides is 1. The molecule has 2 aliphatic heterocycles. The number of methoxy groups -OCH3 is 1. The van der Waals surface area contributed by atoms with E-state index >= 15 is 4.79 Å². The van der Waals surface area contributed by atoms with Crippen molar-refractivity contribution >= 4 is 54.9 Å². The number of amides is 2. The number of carbonyl (C=O) groups excluding carboxylic acids is 1. The van der Waals surface area contributed by atoms with Crippen LogP contribution in [0.25, 0.3) is 0 Å².